The molecule has 96 valence electrons. The van der Waals surface area contributed by atoms with Gasteiger partial charge in [0.15, 0.2) is 0 Å². The van der Waals surface area contributed by atoms with Gasteiger partial charge in [0.25, 0.3) is 0 Å². The molecule has 3 nitrogen and oxygen atoms in total. The topological polar surface area (TPSA) is 42.1 Å². The van der Waals surface area contributed by atoms with Crippen molar-refractivity contribution in [3.63, 3.8) is 0 Å². The van der Waals surface area contributed by atoms with Crippen LogP contribution in [0.2, 0.25) is 0 Å². The quantitative estimate of drug-likeness (QED) is 0.899. The molecule has 1 unspecified atom stereocenters. The number of rotatable bonds is 5. The van der Waals surface area contributed by atoms with E-state index in [-0.39, 0.29) is 6.04 Å². The molecule has 2 aromatic rings. The van der Waals surface area contributed by atoms with Crippen LogP contribution in [0, 0.1) is 0 Å². The van der Waals surface area contributed by atoms with E-state index in [0.717, 1.165) is 23.7 Å². The summed E-state index contributed by atoms with van der Waals surface area (Å²) in [5.74, 6) is 0. The van der Waals surface area contributed by atoms with Crippen molar-refractivity contribution in [3.05, 3.63) is 46.4 Å². The fraction of sp³-hybridized carbons (Fsp3) is 0.357. The standard InChI is InChI=1S/C14H19N3S/c1-11(15)8-14-16-12(10-18-14)9-17(2)13-6-4-3-5-7-13/h3-7,10-11H,8-9,15H2,1-2H3. The molecule has 2 rings (SSSR count). The molecular formula is C14H19N3S. The summed E-state index contributed by atoms with van der Waals surface area (Å²) in [6, 6.07) is 10.5. The zero-order valence-corrected chi connectivity index (χ0v) is 11.7. The molecule has 0 saturated carbocycles. The molecule has 0 amide bonds. The second-order valence-electron chi connectivity index (χ2n) is 4.61. The van der Waals surface area contributed by atoms with E-state index in [4.69, 9.17) is 5.73 Å². The highest BCUT2D eigenvalue weighted by molar-refractivity contribution is 7.09. The minimum atomic E-state index is 0.177. The van der Waals surface area contributed by atoms with Gasteiger partial charge in [-0.15, -0.1) is 11.3 Å². The van der Waals surface area contributed by atoms with Crippen LogP contribution in [0.3, 0.4) is 0 Å². The summed E-state index contributed by atoms with van der Waals surface area (Å²) >= 11 is 1.70. The Kier molecular flexibility index (Phi) is 4.33. The van der Waals surface area contributed by atoms with E-state index in [0.29, 0.717) is 0 Å². The number of thiazole rings is 1. The first-order valence-corrected chi connectivity index (χ1v) is 6.98. The predicted octanol–water partition coefficient (Wildman–Crippen LogP) is 2.67. The van der Waals surface area contributed by atoms with Gasteiger partial charge in [0.2, 0.25) is 0 Å². The molecule has 0 bridgehead atoms. The number of aromatic nitrogens is 1. The van der Waals surface area contributed by atoms with E-state index in [9.17, 15) is 0 Å². The highest BCUT2D eigenvalue weighted by atomic mass is 32.1. The lowest BCUT2D eigenvalue weighted by Gasteiger charge is -2.17. The third-order valence-corrected chi connectivity index (χ3v) is 3.61. The normalized spacial score (nSPS) is 12.4. The SMILES string of the molecule is CC(N)Cc1nc(CN(C)c2ccccc2)cs1. The van der Waals surface area contributed by atoms with Gasteiger partial charge in [-0.1, -0.05) is 18.2 Å². The van der Waals surface area contributed by atoms with Gasteiger partial charge in [-0.25, -0.2) is 4.98 Å². The van der Waals surface area contributed by atoms with Crippen LogP contribution in [-0.4, -0.2) is 18.1 Å². The summed E-state index contributed by atoms with van der Waals surface area (Å²) in [6.07, 6.45) is 0.861. The maximum Gasteiger partial charge on any atom is 0.0944 e. The molecule has 0 fully saturated rings. The van der Waals surface area contributed by atoms with Crippen molar-refractivity contribution < 1.29 is 0 Å². The first-order valence-electron chi connectivity index (χ1n) is 6.10. The molecule has 1 atom stereocenters. The summed E-state index contributed by atoms with van der Waals surface area (Å²) in [6.45, 7) is 2.84. The first-order chi connectivity index (χ1) is 8.65. The van der Waals surface area contributed by atoms with Crippen LogP contribution >= 0.6 is 11.3 Å². The Hall–Kier alpha value is -1.39. The number of nitrogens with zero attached hydrogens (tertiary/aromatic N) is 2. The van der Waals surface area contributed by atoms with Crippen LogP contribution in [0.25, 0.3) is 0 Å². The predicted molar refractivity (Wildman–Crippen MR) is 78.0 cm³/mol. The number of hydrogen-bond donors (Lipinski definition) is 1. The highest BCUT2D eigenvalue weighted by Crippen LogP contribution is 2.17. The molecule has 0 aliphatic rings. The largest absolute Gasteiger partial charge is 0.369 e. The fourth-order valence-corrected chi connectivity index (χ4v) is 2.74. The van der Waals surface area contributed by atoms with E-state index >= 15 is 0 Å². The molecule has 0 aliphatic heterocycles. The minimum absolute atomic E-state index is 0.177. The average molecular weight is 261 g/mol. The highest BCUT2D eigenvalue weighted by Gasteiger charge is 2.07. The molecule has 0 spiro atoms. The van der Waals surface area contributed by atoms with Crippen molar-refractivity contribution in [2.45, 2.75) is 25.9 Å². The smallest absolute Gasteiger partial charge is 0.0944 e. The van der Waals surface area contributed by atoms with Crippen LogP contribution < -0.4 is 10.6 Å². The van der Waals surface area contributed by atoms with Gasteiger partial charge < -0.3 is 10.6 Å². The number of nitrogens with two attached hydrogens (primary N) is 1. The van der Waals surface area contributed by atoms with Crippen LogP contribution in [0.1, 0.15) is 17.6 Å². The molecule has 0 radical (unpaired) electrons. The molecule has 1 heterocycles. The van der Waals surface area contributed by atoms with E-state index in [2.05, 4.69) is 46.6 Å². The van der Waals surface area contributed by atoms with Gasteiger partial charge >= 0.3 is 0 Å². The molecular weight excluding hydrogens is 242 g/mol. The molecule has 0 aliphatic carbocycles. The number of anilines is 1. The van der Waals surface area contributed by atoms with Crippen molar-refractivity contribution in [2.24, 2.45) is 5.73 Å². The van der Waals surface area contributed by atoms with Crippen molar-refractivity contribution in [1.82, 2.24) is 4.98 Å². The second kappa shape index (κ2) is 5.98. The van der Waals surface area contributed by atoms with Crippen LogP contribution in [0.4, 0.5) is 5.69 Å². The molecule has 1 aromatic carbocycles. The van der Waals surface area contributed by atoms with Gasteiger partial charge in [0.05, 0.1) is 17.2 Å². The third kappa shape index (κ3) is 3.55. The lowest BCUT2D eigenvalue weighted by Crippen LogP contribution is -2.18. The molecule has 18 heavy (non-hydrogen) atoms. The monoisotopic (exact) mass is 261 g/mol. The molecule has 1 aromatic heterocycles. The summed E-state index contributed by atoms with van der Waals surface area (Å²) in [5.41, 5.74) is 8.10. The van der Waals surface area contributed by atoms with Crippen molar-refractivity contribution >= 4 is 17.0 Å². The zero-order chi connectivity index (χ0) is 13.0. The summed E-state index contributed by atoms with van der Waals surface area (Å²) < 4.78 is 0. The molecule has 2 N–H and O–H groups in total. The Balaban J connectivity index is 1.99. The van der Waals surface area contributed by atoms with E-state index in [1.165, 1.54) is 5.69 Å². The summed E-state index contributed by atoms with van der Waals surface area (Å²) in [5, 5.41) is 3.25. The Labute approximate surface area is 112 Å². The van der Waals surface area contributed by atoms with Crippen molar-refractivity contribution in [1.29, 1.82) is 0 Å². The average Bonchev–Trinajstić information content (AvgIpc) is 2.76. The minimum Gasteiger partial charge on any atom is -0.369 e. The van der Waals surface area contributed by atoms with Gasteiger partial charge in [-0.2, -0.15) is 0 Å². The third-order valence-electron chi connectivity index (χ3n) is 2.69. The first kappa shape index (κ1) is 13.1. The van der Waals surface area contributed by atoms with Crippen LogP contribution in [0.5, 0.6) is 0 Å². The summed E-state index contributed by atoms with van der Waals surface area (Å²) in [4.78, 5) is 6.81. The fourth-order valence-electron chi connectivity index (χ4n) is 1.81. The second-order valence-corrected chi connectivity index (χ2v) is 5.55. The maximum absolute atomic E-state index is 5.78. The van der Waals surface area contributed by atoms with Gasteiger partial charge in [0, 0.05) is 30.6 Å². The lowest BCUT2D eigenvalue weighted by atomic mass is 10.2. The Bertz CT molecular complexity index is 479. The van der Waals surface area contributed by atoms with Crippen LogP contribution in [0.15, 0.2) is 35.7 Å². The Morgan fingerprint density at radius 2 is 2.06 bits per heavy atom. The lowest BCUT2D eigenvalue weighted by molar-refractivity contribution is 0.729. The molecule has 0 saturated heterocycles. The van der Waals surface area contributed by atoms with E-state index < -0.39 is 0 Å². The molecule has 4 heteroatoms. The maximum atomic E-state index is 5.78. The zero-order valence-electron chi connectivity index (χ0n) is 10.8. The van der Waals surface area contributed by atoms with Crippen molar-refractivity contribution in [2.75, 3.05) is 11.9 Å². The Morgan fingerprint density at radius 3 is 2.72 bits per heavy atom. The van der Waals surface area contributed by atoms with E-state index in [1.54, 1.807) is 11.3 Å². The van der Waals surface area contributed by atoms with Gasteiger partial charge in [-0.3, -0.25) is 0 Å². The number of hydrogen-bond acceptors (Lipinski definition) is 4. The van der Waals surface area contributed by atoms with Gasteiger partial charge in [-0.05, 0) is 19.1 Å². The van der Waals surface area contributed by atoms with Gasteiger partial charge in [0.1, 0.15) is 0 Å². The van der Waals surface area contributed by atoms with E-state index in [1.807, 2.05) is 13.0 Å². The van der Waals surface area contributed by atoms with Crippen molar-refractivity contribution in [3.8, 4) is 0 Å². The Morgan fingerprint density at radius 1 is 1.33 bits per heavy atom. The number of benzene rings is 1. The number of para-hydroxylation sites is 1. The summed E-state index contributed by atoms with van der Waals surface area (Å²) in [7, 11) is 2.08. The van der Waals surface area contributed by atoms with Crippen LogP contribution in [-0.2, 0) is 13.0 Å².